The summed E-state index contributed by atoms with van der Waals surface area (Å²) >= 11 is 0. The third-order valence-electron chi connectivity index (χ3n) is 3.28. The van der Waals surface area contributed by atoms with Crippen molar-refractivity contribution < 1.29 is 18.3 Å². The van der Waals surface area contributed by atoms with Crippen molar-refractivity contribution in [3.8, 4) is 5.75 Å². The summed E-state index contributed by atoms with van der Waals surface area (Å²) in [7, 11) is 0. The van der Waals surface area contributed by atoms with Crippen LogP contribution in [0.5, 0.6) is 5.75 Å². The molecular formula is C18H13FN2O4. The first kappa shape index (κ1) is 16.4. The summed E-state index contributed by atoms with van der Waals surface area (Å²) in [6.07, 6.45) is 4.06. The zero-order valence-electron chi connectivity index (χ0n) is 12.9. The van der Waals surface area contributed by atoms with Crippen LogP contribution in [0, 0.1) is 5.82 Å². The number of carbonyl (C=O) groups is 1. The molecule has 3 rings (SSSR count). The molecular weight excluding hydrogens is 327 g/mol. The van der Waals surface area contributed by atoms with Gasteiger partial charge in [-0.3, -0.25) is 14.6 Å². The fraction of sp³-hybridized carbons (Fsp3) is 0.0556. The number of aromatic nitrogens is 1. The average molecular weight is 340 g/mol. The summed E-state index contributed by atoms with van der Waals surface area (Å²) in [5, 5.41) is 2.55. The zero-order chi connectivity index (χ0) is 17.6. The number of nitrogens with one attached hydrogen (secondary N) is 1. The minimum atomic E-state index is -0.592. The lowest BCUT2D eigenvalue weighted by atomic mass is 10.2. The molecule has 0 spiro atoms. The number of nitrogens with zero attached hydrogens (tertiary/aromatic N) is 1. The van der Waals surface area contributed by atoms with Crippen LogP contribution in [-0.2, 0) is 6.61 Å². The zero-order valence-corrected chi connectivity index (χ0v) is 12.9. The van der Waals surface area contributed by atoms with E-state index >= 15 is 0 Å². The van der Waals surface area contributed by atoms with Crippen molar-refractivity contribution in [2.24, 2.45) is 0 Å². The number of benzene rings is 1. The molecule has 2 aromatic heterocycles. The Hall–Kier alpha value is -3.48. The predicted octanol–water partition coefficient (Wildman–Crippen LogP) is 3.01. The van der Waals surface area contributed by atoms with Gasteiger partial charge in [-0.05, 0) is 18.2 Å². The summed E-state index contributed by atoms with van der Waals surface area (Å²) in [4.78, 5) is 27.9. The van der Waals surface area contributed by atoms with E-state index in [1.807, 2.05) is 0 Å². The highest BCUT2D eigenvalue weighted by Crippen LogP contribution is 2.13. The van der Waals surface area contributed by atoms with Crippen molar-refractivity contribution >= 4 is 11.6 Å². The van der Waals surface area contributed by atoms with E-state index in [9.17, 15) is 14.0 Å². The number of ether oxygens (including phenoxy) is 1. The maximum absolute atomic E-state index is 13.5. The monoisotopic (exact) mass is 340 g/mol. The standard InChI is InChI=1S/C18H13FN2O4/c19-14-6-2-1-4-12(14)10-24-17-11-25-16(8-15(17)22)18(23)21-13-5-3-7-20-9-13/h1-9,11H,10H2,(H,21,23). The number of amides is 1. The smallest absolute Gasteiger partial charge is 0.291 e. The second-order valence-electron chi connectivity index (χ2n) is 5.05. The van der Waals surface area contributed by atoms with Crippen molar-refractivity contribution in [1.82, 2.24) is 4.98 Å². The molecule has 0 bridgehead atoms. The number of hydrogen-bond donors (Lipinski definition) is 1. The lowest BCUT2D eigenvalue weighted by Crippen LogP contribution is -2.16. The van der Waals surface area contributed by atoms with Crippen molar-refractivity contribution in [2.75, 3.05) is 5.32 Å². The van der Waals surface area contributed by atoms with Gasteiger partial charge in [-0.1, -0.05) is 18.2 Å². The summed E-state index contributed by atoms with van der Waals surface area (Å²) in [6.45, 7) is -0.126. The predicted molar refractivity (Wildman–Crippen MR) is 87.9 cm³/mol. The number of anilines is 1. The van der Waals surface area contributed by atoms with E-state index < -0.39 is 17.2 Å². The minimum Gasteiger partial charge on any atom is -0.482 e. The third-order valence-corrected chi connectivity index (χ3v) is 3.28. The molecule has 126 valence electrons. The molecule has 0 unspecified atom stereocenters. The van der Waals surface area contributed by atoms with Crippen molar-refractivity contribution in [3.63, 3.8) is 0 Å². The fourth-order valence-corrected chi connectivity index (χ4v) is 2.02. The molecule has 0 aliphatic carbocycles. The van der Waals surface area contributed by atoms with Gasteiger partial charge < -0.3 is 14.5 Å². The SMILES string of the molecule is O=C(Nc1cccnc1)c1cc(=O)c(OCc2ccccc2F)co1. The summed E-state index contributed by atoms with van der Waals surface area (Å²) in [5.41, 5.74) is 0.231. The Bertz CT molecular complexity index is 941. The van der Waals surface area contributed by atoms with Gasteiger partial charge in [0.25, 0.3) is 5.91 Å². The second kappa shape index (κ2) is 7.39. The Morgan fingerprint density at radius 1 is 1.24 bits per heavy atom. The first-order chi connectivity index (χ1) is 12.1. The van der Waals surface area contributed by atoms with Crippen LogP contribution in [0.2, 0.25) is 0 Å². The van der Waals surface area contributed by atoms with Gasteiger partial charge in [0.2, 0.25) is 11.2 Å². The molecule has 0 aliphatic heterocycles. The molecule has 0 saturated carbocycles. The Labute approximate surface area is 141 Å². The van der Waals surface area contributed by atoms with Crippen LogP contribution >= 0.6 is 0 Å². The van der Waals surface area contributed by atoms with Crippen LogP contribution in [0.3, 0.4) is 0 Å². The summed E-state index contributed by atoms with van der Waals surface area (Å²) in [6, 6.07) is 10.4. The molecule has 7 heteroatoms. The van der Waals surface area contributed by atoms with Crippen molar-refractivity contribution in [1.29, 1.82) is 0 Å². The highest BCUT2D eigenvalue weighted by atomic mass is 19.1. The Balaban J connectivity index is 1.69. The van der Waals surface area contributed by atoms with Crippen LogP contribution in [0.15, 0.2) is 70.3 Å². The maximum Gasteiger partial charge on any atom is 0.291 e. The van der Waals surface area contributed by atoms with Crippen molar-refractivity contribution in [2.45, 2.75) is 6.61 Å². The van der Waals surface area contributed by atoms with E-state index in [0.29, 0.717) is 11.3 Å². The lowest BCUT2D eigenvalue weighted by Gasteiger charge is -2.07. The van der Waals surface area contributed by atoms with Gasteiger partial charge in [-0.25, -0.2) is 4.39 Å². The topological polar surface area (TPSA) is 81.4 Å². The number of rotatable bonds is 5. The summed E-state index contributed by atoms with van der Waals surface area (Å²) in [5.74, 6) is -1.31. The third kappa shape index (κ3) is 4.08. The fourth-order valence-electron chi connectivity index (χ4n) is 2.02. The van der Waals surface area contributed by atoms with Gasteiger partial charge in [-0.15, -0.1) is 0 Å². The molecule has 0 atom stereocenters. The van der Waals surface area contributed by atoms with Gasteiger partial charge >= 0.3 is 0 Å². The largest absolute Gasteiger partial charge is 0.482 e. The van der Waals surface area contributed by atoms with E-state index in [0.717, 1.165) is 12.3 Å². The van der Waals surface area contributed by atoms with E-state index in [1.165, 1.54) is 12.3 Å². The lowest BCUT2D eigenvalue weighted by molar-refractivity contribution is 0.0993. The highest BCUT2D eigenvalue weighted by Gasteiger charge is 2.13. The number of halogens is 1. The molecule has 1 N–H and O–H groups in total. The summed E-state index contributed by atoms with van der Waals surface area (Å²) < 4.78 is 23.9. The van der Waals surface area contributed by atoms with E-state index in [1.54, 1.807) is 36.5 Å². The second-order valence-corrected chi connectivity index (χ2v) is 5.05. The number of carbonyl (C=O) groups excluding carboxylic acids is 1. The molecule has 25 heavy (non-hydrogen) atoms. The van der Waals surface area contributed by atoms with Crippen LogP contribution < -0.4 is 15.5 Å². The van der Waals surface area contributed by atoms with Crippen molar-refractivity contribution in [3.05, 3.63) is 88.5 Å². The highest BCUT2D eigenvalue weighted by molar-refractivity contribution is 6.02. The minimum absolute atomic E-state index is 0.110. The van der Waals surface area contributed by atoms with Gasteiger partial charge in [0.05, 0.1) is 11.9 Å². The van der Waals surface area contributed by atoms with E-state index in [-0.39, 0.29) is 18.1 Å². The van der Waals surface area contributed by atoms with Gasteiger partial charge in [0.15, 0.2) is 5.76 Å². The molecule has 2 heterocycles. The average Bonchev–Trinajstić information content (AvgIpc) is 2.62. The number of pyridine rings is 1. The molecule has 3 aromatic rings. The maximum atomic E-state index is 13.5. The number of hydrogen-bond acceptors (Lipinski definition) is 5. The van der Waals surface area contributed by atoms with Crippen LogP contribution in [0.1, 0.15) is 16.1 Å². The molecule has 1 aromatic carbocycles. The van der Waals surface area contributed by atoms with Gasteiger partial charge in [0, 0.05) is 17.8 Å². The molecule has 6 nitrogen and oxygen atoms in total. The molecule has 0 fully saturated rings. The van der Waals surface area contributed by atoms with Gasteiger partial charge in [0.1, 0.15) is 18.7 Å². The van der Waals surface area contributed by atoms with Crippen LogP contribution in [0.25, 0.3) is 0 Å². The first-order valence-corrected chi connectivity index (χ1v) is 7.34. The normalized spacial score (nSPS) is 10.3. The Morgan fingerprint density at radius 3 is 2.80 bits per heavy atom. The van der Waals surface area contributed by atoms with E-state index in [2.05, 4.69) is 10.3 Å². The van der Waals surface area contributed by atoms with E-state index in [4.69, 9.17) is 9.15 Å². The van der Waals surface area contributed by atoms with Crippen LogP contribution in [0.4, 0.5) is 10.1 Å². The molecule has 0 saturated heterocycles. The first-order valence-electron chi connectivity index (χ1n) is 7.34. The van der Waals surface area contributed by atoms with Crippen LogP contribution in [-0.4, -0.2) is 10.9 Å². The molecule has 0 aliphatic rings. The quantitative estimate of drug-likeness (QED) is 0.772. The van der Waals surface area contributed by atoms with Gasteiger partial charge in [-0.2, -0.15) is 0 Å². The Morgan fingerprint density at radius 2 is 2.08 bits per heavy atom. The Kier molecular flexibility index (Phi) is 4.84. The molecule has 1 amide bonds. The molecule has 0 radical (unpaired) electrons.